The molecule has 2 fully saturated rings. The average molecular weight is 412 g/mol. The second-order valence-corrected chi connectivity index (χ2v) is 9.61. The Bertz CT molecular complexity index is 838. The van der Waals surface area contributed by atoms with Crippen molar-refractivity contribution in [2.45, 2.75) is 36.1 Å². The molecule has 7 nitrogen and oxygen atoms in total. The summed E-state index contributed by atoms with van der Waals surface area (Å²) in [4.78, 5) is 13.6. The minimum Gasteiger partial charge on any atom is -0.333 e. The maximum atomic E-state index is 12.7. The van der Waals surface area contributed by atoms with Crippen LogP contribution >= 0.6 is 11.6 Å². The van der Waals surface area contributed by atoms with E-state index in [2.05, 4.69) is 11.4 Å². The van der Waals surface area contributed by atoms with Crippen LogP contribution < -0.4 is 10.2 Å². The molecule has 2 N–H and O–H groups in total. The van der Waals surface area contributed by atoms with E-state index in [-0.39, 0.29) is 17.3 Å². The lowest BCUT2D eigenvalue weighted by Gasteiger charge is -2.32. The molecule has 0 bridgehead atoms. The molecule has 0 spiro atoms. The maximum absolute atomic E-state index is 12.7. The van der Waals surface area contributed by atoms with Gasteiger partial charge in [-0.25, -0.2) is 8.42 Å². The second-order valence-electron chi connectivity index (χ2n) is 7.24. The number of piperazine rings is 1. The predicted octanol–water partition coefficient (Wildman–Crippen LogP) is 0.182. The molecule has 3 rings (SSSR count). The molecule has 1 aromatic rings. The van der Waals surface area contributed by atoms with Crippen molar-refractivity contribution in [3.63, 3.8) is 0 Å². The normalized spacial score (nSPS) is 20.9. The van der Waals surface area contributed by atoms with Gasteiger partial charge >= 0.3 is 0 Å². The number of nitriles is 1. The van der Waals surface area contributed by atoms with Crippen LogP contribution in [0.5, 0.6) is 0 Å². The van der Waals surface area contributed by atoms with Crippen molar-refractivity contribution in [3.8, 4) is 6.07 Å². The summed E-state index contributed by atoms with van der Waals surface area (Å²) in [5, 5.41) is 12.6. The maximum Gasteiger partial charge on any atom is 0.276 e. The summed E-state index contributed by atoms with van der Waals surface area (Å²) in [5.41, 5.74) is -0.714. The van der Waals surface area contributed by atoms with Crippen LogP contribution in [0.3, 0.4) is 0 Å². The lowest BCUT2D eigenvalue weighted by atomic mass is 10.00. The van der Waals surface area contributed by atoms with Crippen LogP contribution in [0, 0.1) is 11.3 Å². The summed E-state index contributed by atoms with van der Waals surface area (Å²) in [5.74, 6) is -0.139. The van der Waals surface area contributed by atoms with Gasteiger partial charge in [0.15, 0.2) is 6.54 Å². The van der Waals surface area contributed by atoms with Crippen LogP contribution in [0.1, 0.15) is 25.7 Å². The van der Waals surface area contributed by atoms with Crippen LogP contribution in [0.15, 0.2) is 29.2 Å². The van der Waals surface area contributed by atoms with Gasteiger partial charge in [0.2, 0.25) is 10.0 Å². The van der Waals surface area contributed by atoms with E-state index in [4.69, 9.17) is 11.6 Å². The molecule has 1 aromatic carbocycles. The number of sulfonamides is 1. The molecule has 1 saturated carbocycles. The number of halogens is 1. The first-order valence-corrected chi connectivity index (χ1v) is 11.0. The Hall–Kier alpha value is -1.66. The molecule has 2 aliphatic rings. The fourth-order valence-corrected chi connectivity index (χ4v) is 5.52. The summed E-state index contributed by atoms with van der Waals surface area (Å²) in [6.45, 7) is 2.05. The molecular weight excluding hydrogens is 388 g/mol. The number of amides is 1. The van der Waals surface area contributed by atoms with Gasteiger partial charge in [0.1, 0.15) is 5.54 Å². The Morgan fingerprint density at radius 2 is 1.96 bits per heavy atom. The molecule has 1 aliphatic carbocycles. The van der Waals surface area contributed by atoms with Gasteiger partial charge in [-0.1, -0.05) is 17.7 Å². The summed E-state index contributed by atoms with van der Waals surface area (Å²) in [7, 11) is -3.58. The zero-order valence-electron chi connectivity index (χ0n) is 15.1. The third-order valence-corrected chi connectivity index (χ3v) is 7.45. The van der Waals surface area contributed by atoms with Gasteiger partial charge in [0, 0.05) is 5.02 Å². The smallest absolute Gasteiger partial charge is 0.276 e. The summed E-state index contributed by atoms with van der Waals surface area (Å²) in [6.07, 6.45) is 3.33. The molecule has 0 atom stereocenters. The van der Waals surface area contributed by atoms with Crippen molar-refractivity contribution in [1.29, 1.82) is 5.26 Å². The second kappa shape index (κ2) is 8.15. The summed E-state index contributed by atoms with van der Waals surface area (Å²) >= 11 is 5.91. The Kier molecular flexibility index (Phi) is 6.06. The third-order valence-electron chi connectivity index (χ3n) is 5.32. The van der Waals surface area contributed by atoms with Gasteiger partial charge < -0.3 is 10.2 Å². The summed E-state index contributed by atoms with van der Waals surface area (Å²) < 4.78 is 26.9. The lowest BCUT2D eigenvalue weighted by molar-refractivity contribution is -0.895. The first kappa shape index (κ1) is 20.1. The van der Waals surface area contributed by atoms with E-state index < -0.39 is 15.6 Å². The molecular formula is C18H24ClN4O3S+. The number of nitrogens with zero attached hydrogens (tertiary/aromatic N) is 2. The van der Waals surface area contributed by atoms with E-state index in [1.54, 1.807) is 12.1 Å². The van der Waals surface area contributed by atoms with Crippen molar-refractivity contribution >= 4 is 27.5 Å². The molecule has 0 aromatic heterocycles. The highest BCUT2D eigenvalue weighted by atomic mass is 35.5. The van der Waals surface area contributed by atoms with Gasteiger partial charge in [-0.15, -0.1) is 0 Å². The highest BCUT2D eigenvalue weighted by Crippen LogP contribution is 2.28. The fraction of sp³-hybridized carbons (Fsp3) is 0.556. The molecule has 1 aliphatic heterocycles. The number of hydrogen-bond donors (Lipinski definition) is 2. The first-order chi connectivity index (χ1) is 12.8. The van der Waals surface area contributed by atoms with E-state index in [1.165, 1.54) is 16.4 Å². The van der Waals surface area contributed by atoms with E-state index >= 15 is 0 Å². The van der Waals surface area contributed by atoms with Gasteiger partial charge in [-0.2, -0.15) is 9.57 Å². The Balaban J connectivity index is 1.54. The zero-order chi connectivity index (χ0) is 19.5. The topological polar surface area (TPSA) is 94.7 Å². The SMILES string of the molecule is N#CC1(NC(=O)C[NH+]2CCN(S(=O)(=O)c3cccc(Cl)c3)CC2)CCCC1. The van der Waals surface area contributed by atoms with Gasteiger partial charge in [0.05, 0.1) is 37.1 Å². The number of hydrogen-bond acceptors (Lipinski definition) is 4. The van der Waals surface area contributed by atoms with Crippen LogP contribution in [0.25, 0.3) is 0 Å². The monoisotopic (exact) mass is 411 g/mol. The van der Waals surface area contributed by atoms with Gasteiger partial charge in [-0.3, -0.25) is 4.79 Å². The number of quaternary nitrogens is 1. The molecule has 1 saturated heterocycles. The van der Waals surface area contributed by atoms with Crippen LogP contribution in [0.2, 0.25) is 5.02 Å². The fourth-order valence-electron chi connectivity index (χ4n) is 3.78. The number of rotatable bonds is 5. The average Bonchev–Trinajstić information content (AvgIpc) is 3.11. The number of nitrogens with one attached hydrogen (secondary N) is 2. The molecule has 1 heterocycles. The highest BCUT2D eigenvalue weighted by Gasteiger charge is 2.37. The van der Waals surface area contributed by atoms with Crippen molar-refractivity contribution < 1.29 is 18.1 Å². The lowest BCUT2D eigenvalue weighted by Crippen LogP contribution is -3.16. The Morgan fingerprint density at radius 1 is 1.30 bits per heavy atom. The van der Waals surface area contributed by atoms with Crippen molar-refractivity contribution in [1.82, 2.24) is 9.62 Å². The predicted molar refractivity (Wildman–Crippen MR) is 101 cm³/mol. The Labute approximate surface area is 164 Å². The van der Waals surface area contributed by atoms with E-state index in [9.17, 15) is 18.5 Å². The van der Waals surface area contributed by atoms with Crippen LogP contribution in [0.4, 0.5) is 0 Å². The first-order valence-electron chi connectivity index (χ1n) is 9.16. The number of carbonyl (C=O) groups is 1. The summed E-state index contributed by atoms with van der Waals surface area (Å²) in [6, 6.07) is 8.50. The molecule has 9 heteroatoms. The van der Waals surface area contributed by atoms with Crippen LogP contribution in [-0.4, -0.2) is 56.9 Å². The van der Waals surface area contributed by atoms with E-state index in [0.717, 1.165) is 17.7 Å². The molecule has 146 valence electrons. The molecule has 0 radical (unpaired) electrons. The van der Waals surface area contributed by atoms with E-state index in [1.807, 2.05) is 0 Å². The Morgan fingerprint density at radius 3 is 2.56 bits per heavy atom. The molecule has 1 amide bonds. The molecule has 0 unspecified atom stereocenters. The van der Waals surface area contributed by atoms with E-state index in [0.29, 0.717) is 44.0 Å². The molecule has 27 heavy (non-hydrogen) atoms. The third kappa shape index (κ3) is 4.61. The number of benzene rings is 1. The minimum absolute atomic E-state index is 0.139. The minimum atomic E-state index is -3.58. The highest BCUT2D eigenvalue weighted by molar-refractivity contribution is 7.89. The zero-order valence-corrected chi connectivity index (χ0v) is 16.7. The van der Waals surface area contributed by atoms with Gasteiger partial charge in [-0.05, 0) is 43.9 Å². The van der Waals surface area contributed by atoms with Crippen molar-refractivity contribution in [2.24, 2.45) is 0 Å². The number of carbonyl (C=O) groups excluding carboxylic acids is 1. The van der Waals surface area contributed by atoms with Crippen LogP contribution in [-0.2, 0) is 14.8 Å². The van der Waals surface area contributed by atoms with Gasteiger partial charge in [0.25, 0.3) is 5.91 Å². The quantitative estimate of drug-likeness (QED) is 0.722. The standard InChI is InChI=1S/C18H23ClN4O3S/c19-15-4-3-5-16(12-15)27(25,26)23-10-8-22(9-11-23)13-17(24)21-18(14-20)6-1-2-7-18/h3-5,12H,1-2,6-11,13H2,(H,21,24)/p+1. The van der Waals surface area contributed by atoms with Crippen molar-refractivity contribution in [3.05, 3.63) is 29.3 Å². The largest absolute Gasteiger partial charge is 0.333 e. The van der Waals surface area contributed by atoms with Crippen molar-refractivity contribution in [2.75, 3.05) is 32.7 Å².